The number of alkyl halides is 3. The Morgan fingerprint density at radius 1 is 1.36 bits per heavy atom. The summed E-state index contributed by atoms with van der Waals surface area (Å²) in [4.78, 5) is 14.7. The van der Waals surface area contributed by atoms with E-state index >= 15 is 0 Å². The van der Waals surface area contributed by atoms with Gasteiger partial charge >= 0.3 is 6.18 Å². The third-order valence-electron chi connectivity index (χ3n) is 2.69. The number of ether oxygens (including phenoxy) is 1. The molecule has 22 heavy (non-hydrogen) atoms. The Bertz CT molecular complexity index is 682. The highest BCUT2D eigenvalue weighted by molar-refractivity contribution is 5.90. The van der Waals surface area contributed by atoms with E-state index in [-0.39, 0.29) is 6.61 Å². The van der Waals surface area contributed by atoms with Crippen molar-refractivity contribution >= 4 is 11.9 Å². The van der Waals surface area contributed by atoms with Crippen LogP contribution in [0.3, 0.4) is 0 Å². The SMILES string of the molecule is Cc1ccc(OCC(=O)Nc2n[nH]c(C(F)(F)F)n2)c(C)c1. The van der Waals surface area contributed by atoms with Gasteiger partial charge in [0.05, 0.1) is 0 Å². The van der Waals surface area contributed by atoms with E-state index in [1.165, 1.54) is 0 Å². The van der Waals surface area contributed by atoms with Crippen molar-refractivity contribution in [3.63, 3.8) is 0 Å². The minimum Gasteiger partial charge on any atom is -0.483 e. The van der Waals surface area contributed by atoms with Crippen LogP contribution in [0.15, 0.2) is 18.2 Å². The molecule has 0 saturated heterocycles. The number of aryl methyl sites for hydroxylation is 2. The van der Waals surface area contributed by atoms with Gasteiger partial charge in [-0.2, -0.15) is 18.2 Å². The van der Waals surface area contributed by atoms with Crippen LogP contribution in [0.2, 0.25) is 0 Å². The minimum atomic E-state index is -4.65. The summed E-state index contributed by atoms with van der Waals surface area (Å²) in [5.74, 6) is -1.88. The Morgan fingerprint density at radius 2 is 2.09 bits per heavy atom. The molecule has 1 aromatic carbocycles. The number of hydrogen-bond acceptors (Lipinski definition) is 4. The Balaban J connectivity index is 1.92. The zero-order chi connectivity index (χ0) is 16.3. The fraction of sp³-hybridized carbons (Fsp3) is 0.308. The Labute approximate surface area is 123 Å². The molecular formula is C13H13F3N4O2. The molecule has 2 rings (SSSR count). The van der Waals surface area contributed by atoms with Gasteiger partial charge in [-0.15, -0.1) is 5.10 Å². The third-order valence-corrected chi connectivity index (χ3v) is 2.69. The van der Waals surface area contributed by atoms with Gasteiger partial charge in [0.2, 0.25) is 11.8 Å². The number of H-pyrrole nitrogens is 1. The molecule has 0 fully saturated rings. The zero-order valence-corrected chi connectivity index (χ0v) is 11.8. The molecule has 0 aliphatic heterocycles. The standard InChI is InChI=1S/C13H13F3N4O2/c1-7-3-4-9(8(2)5-7)22-6-10(21)17-12-18-11(19-20-12)13(14,15)16/h3-5H,6H2,1-2H3,(H2,17,18,19,20,21). The lowest BCUT2D eigenvalue weighted by Gasteiger charge is -2.08. The number of anilines is 1. The van der Waals surface area contributed by atoms with Gasteiger partial charge in [-0.25, -0.2) is 0 Å². The molecule has 1 amide bonds. The highest BCUT2D eigenvalue weighted by atomic mass is 19.4. The van der Waals surface area contributed by atoms with E-state index < -0.39 is 23.9 Å². The van der Waals surface area contributed by atoms with Gasteiger partial charge in [0.25, 0.3) is 5.91 Å². The lowest BCUT2D eigenvalue weighted by Crippen LogP contribution is -2.21. The molecule has 1 heterocycles. The maximum atomic E-state index is 12.3. The number of nitrogens with zero attached hydrogens (tertiary/aromatic N) is 2. The molecule has 0 aliphatic rings. The number of halogens is 3. The number of nitrogens with one attached hydrogen (secondary N) is 2. The first-order valence-electron chi connectivity index (χ1n) is 6.25. The summed E-state index contributed by atoms with van der Waals surface area (Å²) in [5, 5.41) is 7.08. The molecule has 6 nitrogen and oxygen atoms in total. The molecule has 0 saturated carbocycles. The largest absolute Gasteiger partial charge is 0.483 e. The number of hydrogen-bond donors (Lipinski definition) is 2. The monoisotopic (exact) mass is 314 g/mol. The predicted octanol–water partition coefficient (Wildman–Crippen LogP) is 2.46. The molecule has 0 unspecified atom stereocenters. The molecule has 2 N–H and O–H groups in total. The topological polar surface area (TPSA) is 79.9 Å². The van der Waals surface area contributed by atoms with Gasteiger partial charge < -0.3 is 4.74 Å². The van der Waals surface area contributed by atoms with Gasteiger partial charge in [-0.05, 0) is 25.5 Å². The second kappa shape index (κ2) is 6.04. The zero-order valence-electron chi connectivity index (χ0n) is 11.8. The minimum absolute atomic E-state index is 0.361. The van der Waals surface area contributed by atoms with Gasteiger partial charge in [0.15, 0.2) is 6.61 Å². The Morgan fingerprint density at radius 3 is 2.68 bits per heavy atom. The van der Waals surface area contributed by atoms with E-state index in [0.717, 1.165) is 11.1 Å². The molecule has 0 atom stereocenters. The summed E-state index contributed by atoms with van der Waals surface area (Å²) in [6.45, 7) is 3.38. The molecule has 0 radical (unpaired) electrons. The van der Waals surface area contributed by atoms with E-state index in [1.54, 1.807) is 11.2 Å². The number of aromatic amines is 1. The van der Waals surface area contributed by atoms with Gasteiger partial charge in [0, 0.05) is 0 Å². The summed E-state index contributed by atoms with van der Waals surface area (Å²) in [5.41, 5.74) is 1.90. The number of benzene rings is 1. The van der Waals surface area contributed by atoms with Crippen LogP contribution < -0.4 is 10.1 Å². The highest BCUT2D eigenvalue weighted by Gasteiger charge is 2.35. The average Bonchev–Trinajstić information content (AvgIpc) is 2.86. The Hall–Kier alpha value is -2.58. The van der Waals surface area contributed by atoms with Gasteiger partial charge in [-0.1, -0.05) is 17.7 Å². The van der Waals surface area contributed by atoms with Crippen LogP contribution in [0.1, 0.15) is 17.0 Å². The average molecular weight is 314 g/mol. The molecular weight excluding hydrogens is 301 g/mol. The van der Waals surface area contributed by atoms with Crippen LogP contribution in [0.25, 0.3) is 0 Å². The van der Waals surface area contributed by atoms with E-state index in [1.807, 2.05) is 26.0 Å². The molecule has 0 bridgehead atoms. The second-order valence-electron chi connectivity index (χ2n) is 4.61. The first-order chi connectivity index (χ1) is 10.3. The van der Waals surface area contributed by atoms with Crippen LogP contribution >= 0.6 is 0 Å². The number of aromatic nitrogens is 3. The number of rotatable bonds is 4. The van der Waals surface area contributed by atoms with Crippen molar-refractivity contribution in [3.05, 3.63) is 35.2 Å². The molecule has 0 aliphatic carbocycles. The fourth-order valence-electron chi connectivity index (χ4n) is 1.71. The summed E-state index contributed by atoms with van der Waals surface area (Å²) in [6, 6.07) is 5.43. The van der Waals surface area contributed by atoms with Crippen LogP contribution in [0, 0.1) is 13.8 Å². The summed E-state index contributed by atoms with van der Waals surface area (Å²) < 4.78 is 42.2. The normalized spacial score (nSPS) is 11.3. The van der Waals surface area contributed by atoms with Crippen LogP contribution in [0.5, 0.6) is 5.75 Å². The van der Waals surface area contributed by atoms with Crippen molar-refractivity contribution in [2.45, 2.75) is 20.0 Å². The van der Waals surface area contributed by atoms with Crippen LogP contribution in [0.4, 0.5) is 19.1 Å². The lowest BCUT2D eigenvalue weighted by molar-refractivity contribution is -0.144. The van der Waals surface area contributed by atoms with Crippen LogP contribution in [-0.2, 0) is 11.0 Å². The Kier molecular flexibility index (Phi) is 4.34. The third kappa shape index (κ3) is 3.96. The van der Waals surface area contributed by atoms with Gasteiger partial charge in [-0.3, -0.25) is 15.2 Å². The summed E-state index contributed by atoms with van der Waals surface area (Å²) in [7, 11) is 0. The molecule has 2 aromatic rings. The summed E-state index contributed by atoms with van der Waals surface area (Å²) in [6.07, 6.45) is -4.65. The fourth-order valence-corrected chi connectivity index (χ4v) is 1.71. The summed E-state index contributed by atoms with van der Waals surface area (Å²) >= 11 is 0. The van der Waals surface area contributed by atoms with E-state index in [0.29, 0.717) is 5.75 Å². The molecule has 118 valence electrons. The van der Waals surface area contributed by atoms with Crippen molar-refractivity contribution in [2.75, 3.05) is 11.9 Å². The van der Waals surface area contributed by atoms with Crippen molar-refractivity contribution in [3.8, 4) is 5.75 Å². The van der Waals surface area contributed by atoms with Crippen molar-refractivity contribution in [1.82, 2.24) is 15.2 Å². The van der Waals surface area contributed by atoms with E-state index in [4.69, 9.17) is 4.74 Å². The number of amides is 1. The van der Waals surface area contributed by atoms with E-state index in [9.17, 15) is 18.0 Å². The first kappa shape index (κ1) is 15.8. The molecule has 0 spiro atoms. The maximum absolute atomic E-state index is 12.3. The van der Waals surface area contributed by atoms with Crippen molar-refractivity contribution in [1.29, 1.82) is 0 Å². The second-order valence-corrected chi connectivity index (χ2v) is 4.61. The van der Waals surface area contributed by atoms with Crippen LogP contribution in [-0.4, -0.2) is 27.7 Å². The van der Waals surface area contributed by atoms with Crippen molar-refractivity contribution < 1.29 is 22.7 Å². The predicted molar refractivity (Wildman–Crippen MR) is 71.4 cm³/mol. The molecule has 9 heteroatoms. The first-order valence-corrected chi connectivity index (χ1v) is 6.25. The van der Waals surface area contributed by atoms with Gasteiger partial charge in [0.1, 0.15) is 5.75 Å². The molecule has 1 aromatic heterocycles. The smallest absolute Gasteiger partial charge is 0.451 e. The number of carbonyl (C=O) groups is 1. The van der Waals surface area contributed by atoms with E-state index in [2.05, 4.69) is 15.4 Å². The number of carbonyl (C=O) groups excluding carboxylic acids is 1. The maximum Gasteiger partial charge on any atom is 0.451 e. The highest BCUT2D eigenvalue weighted by Crippen LogP contribution is 2.26. The van der Waals surface area contributed by atoms with Crippen molar-refractivity contribution in [2.24, 2.45) is 0 Å². The quantitative estimate of drug-likeness (QED) is 0.908. The lowest BCUT2D eigenvalue weighted by atomic mass is 10.1.